The summed E-state index contributed by atoms with van der Waals surface area (Å²) in [5.41, 5.74) is 1.97. The molecule has 0 saturated carbocycles. The lowest BCUT2D eigenvalue weighted by Crippen LogP contribution is -2.43. The number of sulfonamides is 1. The minimum atomic E-state index is -3.96. The quantitative estimate of drug-likeness (QED) is 0.725. The Morgan fingerprint density at radius 1 is 1.29 bits per heavy atom. The van der Waals surface area contributed by atoms with Gasteiger partial charge in [-0.15, -0.1) is 0 Å². The number of piperidine rings is 1. The molecule has 2 N–H and O–H groups in total. The molecule has 2 aromatic rings. The molecule has 1 unspecified atom stereocenters. The van der Waals surface area contributed by atoms with E-state index in [2.05, 4.69) is 10.6 Å². The second-order valence-electron chi connectivity index (χ2n) is 7.62. The second kappa shape index (κ2) is 8.49. The van der Waals surface area contributed by atoms with Gasteiger partial charge in [-0.3, -0.25) is 9.59 Å². The molecule has 2 aliphatic heterocycles. The lowest BCUT2D eigenvalue weighted by molar-refractivity contribution is -0.121. The van der Waals surface area contributed by atoms with Crippen molar-refractivity contribution in [3.63, 3.8) is 0 Å². The molecule has 0 spiro atoms. The van der Waals surface area contributed by atoms with Gasteiger partial charge in [-0.1, -0.05) is 29.8 Å². The van der Waals surface area contributed by atoms with E-state index in [9.17, 15) is 18.0 Å². The number of anilines is 2. The Hall–Kier alpha value is -2.62. The van der Waals surface area contributed by atoms with Crippen LogP contribution in [0, 0.1) is 12.8 Å². The van der Waals surface area contributed by atoms with Crippen molar-refractivity contribution in [2.75, 3.05) is 30.3 Å². The third-order valence-electron chi connectivity index (χ3n) is 5.44. The molecule has 10 heteroatoms. The van der Waals surface area contributed by atoms with Gasteiger partial charge in [0, 0.05) is 24.8 Å². The molecule has 2 aromatic carbocycles. The lowest BCUT2D eigenvalue weighted by Gasteiger charge is -2.32. The van der Waals surface area contributed by atoms with Crippen LogP contribution in [0.25, 0.3) is 0 Å². The van der Waals surface area contributed by atoms with Crippen molar-refractivity contribution in [2.24, 2.45) is 5.92 Å². The maximum Gasteiger partial charge on any atom is 0.262 e. The van der Waals surface area contributed by atoms with Gasteiger partial charge in [0.05, 0.1) is 16.6 Å². The Morgan fingerprint density at radius 2 is 2.06 bits per heavy atom. The zero-order valence-corrected chi connectivity index (χ0v) is 18.4. The van der Waals surface area contributed by atoms with Gasteiger partial charge in [-0.25, -0.2) is 8.42 Å². The SMILES string of the molecule is Cc1ccccc1NC(=O)C1CCCN(S(=O)(=O)c2cc3c(cc2Cl)NC(=O)CO3)C1. The molecule has 2 amide bonds. The van der Waals surface area contributed by atoms with Crippen LogP contribution in [0.1, 0.15) is 18.4 Å². The highest BCUT2D eigenvalue weighted by Gasteiger charge is 2.35. The van der Waals surface area contributed by atoms with Crippen LogP contribution in [-0.4, -0.2) is 44.2 Å². The highest BCUT2D eigenvalue weighted by atomic mass is 35.5. The number of ether oxygens (including phenoxy) is 1. The Bertz CT molecular complexity index is 1150. The molecule has 8 nitrogen and oxygen atoms in total. The number of halogens is 1. The summed E-state index contributed by atoms with van der Waals surface area (Å²) >= 11 is 6.24. The largest absolute Gasteiger partial charge is 0.482 e. The highest BCUT2D eigenvalue weighted by molar-refractivity contribution is 7.89. The number of hydrogen-bond donors (Lipinski definition) is 2. The summed E-state index contributed by atoms with van der Waals surface area (Å²) in [6.07, 6.45) is 1.15. The number of para-hydroxylation sites is 1. The average molecular weight is 464 g/mol. The summed E-state index contributed by atoms with van der Waals surface area (Å²) in [6.45, 7) is 2.06. The Kier molecular flexibility index (Phi) is 5.92. The van der Waals surface area contributed by atoms with E-state index in [1.807, 2.05) is 31.2 Å². The van der Waals surface area contributed by atoms with Crippen molar-refractivity contribution in [2.45, 2.75) is 24.7 Å². The first-order chi connectivity index (χ1) is 14.8. The number of carbonyl (C=O) groups is 2. The number of benzene rings is 2. The molecule has 0 bridgehead atoms. The van der Waals surface area contributed by atoms with Gasteiger partial charge < -0.3 is 15.4 Å². The van der Waals surface area contributed by atoms with Gasteiger partial charge in [0.1, 0.15) is 10.6 Å². The highest BCUT2D eigenvalue weighted by Crippen LogP contribution is 2.37. The molecular formula is C21H22ClN3O5S. The molecule has 2 heterocycles. The summed E-state index contributed by atoms with van der Waals surface area (Å²) < 4.78 is 33.2. The van der Waals surface area contributed by atoms with E-state index in [4.69, 9.17) is 16.3 Å². The van der Waals surface area contributed by atoms with Crippen LogP contribution < -0.4 is 15.4 Å². The van der Waals surface area contributed by atoms with Gasteiger partial charge in [-0.2, -0.15) is 4.31 Å². The predicted octanol–water partition coefficient (Wildman–Crippen LogP) is 3.02. The predicted molar refractivity (Wildman–Crippen MR) is 117 cm³/mol. The number of amides is 2. The molecule has 0 radical (unpaired) electrons. The van der Waals surface area contributed by atoms with Crippen LogP contribution in [0.15, 0.2) is 41.3 Å². The molecule has 2 aliphatic rings. The summed E-state index contributed by atoms with van der Waals surface area (Å²) in [6, 6.07) is 10.1. The Balaban J connectivity index is 1.54. The van der Waals surface area contributed by atoms with Crippen LogP contribution in [-0.2, 0) is 19.6 Å². The van der Waals surface area contributed by atoms with Crippen molar-refractivity contribution in [3.05, 3.63) is 47.0 Å². The van der Waals surface area contributed by atoms with E-state index < -0.39 is 15.9 Å². The van der Waals surface area contributed by atoms with Gasteiger partial charge in [0.2, 0.25) is 15.9 Å². The number of hydrogen-bond acceptors (Lipinski definition) is 5. The van der Waals surface area contributed by atoms with Crippen LogP contribution in [0.4, 0.5) is 11.4 Å². The zero-order valence-electron chi connectivity index (χ0n) is 16.9. The van der Waals surface area contributed by atoms with E-state index in [1.54, 1.807) is 0 Å². The summed E-state index contributed by atoms with van der Waals surface area (Å²) in [4.78, 5) is 24.2. The van der Waals surface area contributed by atoms with Crippen LogP contribution in [0.5, 0.6) is 5.75 Å². The van der Waals surface area contributed by atoms with Crippen molar-refractivity contribution >= 4 is 44.8 Å². The maximum atomic E-state index is 13.3. The normalized spacial score (nSPS) is 19.2. The fraction of sp³-hybridized carbons (Fsp3) is 0.333. The van der Waals surface area contributed by atoms with Gasteiger partial charge >= 0.3 is 0 Å². The molecule has 4 rings (SSSR count). The third-order valence-corrected chi connectivity index (χ3v) is 7.77. The molecule has 1 fully saturated rings. The zero-order chi connectivity index (χ0) is 22.2. The van der Waals surface area contributed by atoms with E-state index in [1.165, 1.54) is 16.4 Å². The minimum Gasteiger partial charge on any atom is -0.482 e. The summed E-state index contributed by atoms with van der Waals surface area (Å²) in [5, 5.41) is 5.48. The van der Waals surface area contributed by atoms with Crippen LogP contribution in [0.3, 0.4) is 0 Å². The van der Waals surface area contributed by atoms with Crippen molar-refractivity contribution in [1.29, 1.82) is 0 Å². The Morgan fingerprint density at radius 3 is 2.84 bits per heavy atom. The van der Waals surface area contributed by atoms with Crippen molar-refractivity contribution in [3.8, 4) is 5.75 Å². The minimum absolute atomic E-state index is 0.0176. The number of rotatable bonds is 4. The smallest absolute Gasteiger partial charge is 0.262 e. The van der Waals surface area contributed by atoms with Gasteiger partial charge in [0.25, 0.3) is 5.91 Å². The van der Waals surface area contributed by atoms with Crippen molar-refractivity contribution < 1.29 is 22.7 Å². The molecule has 0 aromatic heterocycles. The third kappa shape index (κ3) is 4.39. The number of fused-ring (bicyclic) bond motifs is 1. The fourth-order valence-electron chi connectivity index (χ4n) is 3.74. The topological polar surface area (TPSA) is 105 Å². The first-order valence-electron chi connectivity index (χ1n) is 9.88. The van der Waals surface area contributed by atoms with E-state index in [-0.39, 0.29) is 40.6 Å². The Labute approximate surface area is 185 Å². The summed E-state index contributed by atoms with van der Waals surface area (Å²) in [7, 11) is -3.96. The van der Waals surface area contributed by atoms with E-state index in [0.29, 0.717) is 30.8 Å². The number of carbonyl (C=O) groups excluding carboxylic acids is 2. The molecular weight excluding hydrogens is 442 g/mol. The van der Waals surface area contributed by atoms with Crippen LogP contribution >= 0.6 is 11.6 Å². The van der Waals surface area contributed by atoms with E-state index >= 15 is 0 Å². The standard InChI is InChI=1S/C21H22ClN3O5S/c1-13-5-2-3-7-16(13)24-21(27)14-6-4-8-25(11-14)31(28,29)19-10-18-17(9-15(19)22)23-20(26)12-30-18/h2-3,5,7,9-10,14H,4,6,8,11-12H2,1H3,(H,23,26)(H,24,27). The van der Waals surface area contributed by atoms with Gasteiger partial charge in [-0.05, 0) is 37.5 Å². The van der Waals surface area contributed by atoms with E-state index in [0.717, 1.165) is 5.56 Å². The molecule has 31 heavy (non-hydrogen) atoms. The lowest BCUT2D eigenvalue weighted by atomic mass is 9.98. The number of aryl methyl sites for hydroxylation is 1. The molecule has 164 valence electrons. The second-order valence-corrected chi connectivity index (χ2v) is 9.94. The number of nitrogens with zero attached hydrogens (tertiary/aromatic N) is 1. The first-order valence-corrected chi connectivity index (χ1v) is 11.7. The molecule has 1 atom stereocenters. The maximum absolute atomic E-state index is 13.3. The van der Waals surface area contributed by atoms with Crippen LogP contribution in [0.2, 0.25) is 5.02 Å². The fourth-order valence-corrected chi connectivity index (χ4v) is 5.78. The molecule has 1 saturated heterocycles. The molecule has 0 aliphatic carbocycles. The first kappa shape index (κ1) is 21.6. The summed E-state index contributed by atoms with van der Waals surface area (Å²) in [5.74, 6) is -0.780. The monoisotopic (exact) mass is 463 g/mol. The number of nitrogens with one attached hydrogen (secondary N) is 2. The van der Waals surface area contributed by atoms with Crippen molar-refractivity contribution in [1.82, 2.24) is 4.31 Å². The average Bonchev–Trinajstić information content (AvgIpc) is 2.74. The van der Waals surface area contributed by atoms with Gasteiger partial charge in [0.15, 0.2) is 6.61 Å².